The highest BCUT2D eigenvalue weighted by Gasteiger charge is 2.27. The summed E-state index contributed by atoms with van der Waals surface area (Å²) in [5.41, 5.74) is 0.594. The number of aromatic nitrogens is 1. The average molecular weight is 503 g/mol. The number of anilines is 1. The number of ether oxygens (including phenoxy) is 2. The molecule has 8 nitrogen and oxygen atoms in total. The molecule has 10 heteroatoms. The maximum absolute atomic E-state index is 13.4. The summed E-state index contributed by atoms with van der Waals surface area (Å²) < 4.78 is 38.4. The number of benzene rings is 2. The molecule has 1 N–H and O–H groups in total. The van der Waals surface area contributed by atoms with Gasteiger partial charge in [-0.3, -0.25) is 9.59 Å². The van der Waals surface area contributed by atoms with Crippen molar-refractivity contribution >= 4 is 33.2 Å². The predicted molar refractivity (Wildman–Crippen MR) is 132 cm³/mol. The van der Waals surface area contributed by atoms with Crippen LogP contribution in [-0.2, 0) is 21.2 Å². The van der Waals surface area contributed by atoms with E-state index in [9.17, 15) is 18.0 Å². The van der Waals surface area contributed by atoms with E-state index in [2.05, 4.69) is 5.32 Å². The Hall–Kier alpha value is -3.24. The van der Waals surface area contributed by atoms with Crippen molar-refractivity contribution in [1.29, 1.82) is 0 Å². The lowest BCUT2D eigenvalue weighted by molar-refractivity contribution is -0.116. The van der Waals surface area contributed by atoms with Gasteiger partial charge >= 0.3 is 0 Å². The number of carbonyl (C=O) groups is 1. The Kier molecular flexibility index (Phi) is 7.73. The fourth-order valence-corrected chi connectivity index (χ4v) is 5.61. The maximum atomic E-state index is 13.4. The van der Waals surface area contributed by atoms with Crippen molar-refractivity contribution < 1.29 is 22.7 Å². The van der Waals surface area contributed by atoms with E-state index in [0.29, 0.717) is 22.7 Å². The van der Waals surface area contributed by atoms with Crippen molar-refractivity contribution in [1.82, 2.24) is 4.57 Å². The first-order chi connectivity index (χ1) is 16.1. The summed E-state index contributed by atoms with van der Waals surface area (Å²) >= 11 is 1.54. The molecule has 0 atom stereocenters. The van der Waals surface area contributed by atoms with E-state index in [0.717, 1.165) is 9.46 Å². The van der Waals surface area contributed by atoms with Crippen LogP contribution in [0.3, 0.4) is 0 Å². The van der Waals surface area contributed by atoms with E-state index in [-0.39, 0.29) is 22.1 Å². The van der Waals surface area contributed by atoms with Gasteiger partial charge in [-0.15, -0.1) is 11.8 Å². The van der Waals surface area contributed by atoms with Gasteiger partial charge in [-0.05, 0) is 62.1 Å². The minimum Gasteiger partial charge on any atom is -0.493 e. The van der Waals surface area contributed by atoms with E-state index in [4.69, 9.17) is 9.47 Å². The zero-order chi connectivity index (χ0) is 25.0. The molecule has 0 aliphatic rings. The number of hydrogen-bond donors (Lipinski definition) is 1. The monoisotopic (exact) mass is 502 g/mol. The van der Waals surface area contributed by atoms with Crippen molar-refractivity contribution in [3.8, 4) is 11.5 Å². The number of nitrogens with one attached hydrogen (secondary N) is 1. The Balaban J connectivity index is 2.01. The summed E-state index contributed by atoms with van der Waals surface area (Å²) in [5, 5.41) is 2.76. The Morgan fingerprint density at radius 1 is 1.03 bits per heavy atom. The molecule has 1 amide bonds. The highest BCUT2D eigenvalue weighted by Crippen LogP contribution is 2.32. The van der Waals surface area contributed by atoms with Crippen LogP contribution in [0.25, 0.3) is 0 Å². The van der Waals surface area contributed by atoms with Gasteiger partial charge in [0, 0.05) is 22.3 Å². The molecule has 0 saturated carbocycles. The standard InChI is InChI=1S/C24H26N2O6S2/c1-15-11-16(2)26(14-22(27)25-17-7-6-8-18(12-17)33-5)24(28)23(15)34(29,30)19-9-10-20(31-3)21(13-19)32-4/h6-13H,14H2,1-5H3,(H,25,27). The Labute approximate surface area is 202 Å². The molecule has 1 aromatic heterocycles. The van der Waals surface area contributed by atoms with Crippen LogP contribution in [0.4, 0.5) is 5.69 Å². The van der Waals surface area contributed by atoms with Gasteiger partial charge in [0.2, 0.25) is 15.7 Å². The molecule has 0 aliphatic carbocycles. The van der Waals surface area contributed by atoms with Crippen LogP contribution < -0.4 is 20.3 Å². The molecule has 0 saturated heterocycles. The zero-order valence-electron chi connectivity index (χ0n) is 19.5. The van der Waals surface area contributed by atoms with E-state index >= 15 is 0 Å². The van der Waals surface area contributed by atoms with Crippen LogP contribution in [0.5, 0.6) is 11.5 Å². The second-order valence-electron chi connectivity index (χ2n) is 7.49. The Morgan fingerprint density at radius 3 is 2.38 bits per heavy atom. The van der Waals surface area contributed by atoms with Gasteiger partial charge < -0.3 is 19.4 Å². The Morgan fingerprint density at radius 2 is 1.74 bits per heavy atom. The molecule has 180 valence electrons. The SMILES string of the molecule is COc1ccc(S(=O)(=O)c2c(C)cc(C)n(CC(=O)Nc3cccc(SC)c3)c2=O)cc1OC. The number of thioether (sulfide) groups is 1. The van der Waals surface area contributed by atoms with Gasteiger partial charge in [-0.2, -0.15) is 0 Å². The van der Waals surface area contributed by atoms with E-state index in [1.807, 2.05) is 24.5 Å². The predicted octanol–water partition coefficient (Wildman–Crippen LogP) is 3.68. The molecule has 0 bridgehead atoms. The minimum atomic E-state index is -4.20. The molecule has 0 unspecified atom stereocenters. The molecular formula is C24H26N2O6S2. The van der Waals surface area contributed by atoms with Gasteiger partial charge in [-0.25, -0.2) is 8.42 Å². The summed E-state index contributed by atoms with van der Waals surface area (Å²) in [6.45, 7) is 2.88. The molecule has 0 fully saturated rings. The molecule has 0 spiro atoms. The van der Waals surface area contributed by atoms with Gasteiger partial charge in [-0.1, -0.05) is 6.07 Å². The van der Waals surface area contributed by atoms with Crippen molar-refractivity contribution in [2.24, 2.45) is 0 Å². The van der Waals surface area contributed by atoms with Crippen molar-refractivity contribution in [3.63, 3.8) is 0 Å². The lowest BCUT2D eigenvalue weighted by atomic mass is 10.2. The highest BCUT2D eigenvalue weighted by molar-refractivity contribution is 7.98. The van der Waals surface area contributed by atoms with Gasteiger partial charge in [0.05, 0.1) is 19.1 Å². The number of aryl methyl sites for hydroxylation is 2. The first-order valence-corrected chi connectivity index (χ1v) is 12.9. The number of methoxy groups -OCH3 is 2. The number of pyridine rings is 1. The third-order valence-corrected chi connectivity index (χ3v) is 7.87. The number of hydrogen-bond acceptors (Lipinski definition) is 7. The Bertz CT molecular complexity index is 1400. The van der Waals surface area contributed by atoms with Gasteiger partial charge in [0.1, 0.15) is 11.4 Å². The molecule has 1 heterocycles. The van der Waals surface area contributed by atoms with E-state index in [1.54, 1.807) is 26.0 Å². The first-order valence-electron chi connectivity index (χ1n) is 10.2. The minimum absolute atomic E-state index is 0.112. The second kappa shape index (κ2) is 10.4. The summed E-state index contributed by atoms with van der Waals surface area (Å²) in [4.78, 5) is 26.5. The third kappa shape index (κ3) is 5.13. The smallest absolute Gasteiger partial charge is 0.270 e. The highest BCUT2D eigenvalue weighted by atomic mass is 32.2. The van der Waals surface area contributed by atoms with Crippen LogP contribution in [0.2, 0.25) is 0 Å². The number of amides is 1. The maximum Gasteiger partial charge on any atom is 0.270 e. The first kappa shape index (κ1) is 25.4. The van der Waals surface area contributed by atoms with Gasteiger partial charge in [0.25, 0.3) is 5.56 Å². The van der Waals surface area contributed by atoms with Crippen LogP contribution in [0.1, 0.15) is 11.3 Å². The topological polar surface area (TPSA) is 104 Å². The molecule has 0 radical (unpaired) electrons. The summed E-state index contributed by atoms with van der Waals surface area (Å²) in [7, 11) is -1.37. The molecule has 0 aliphatic heterocycles. The van der Waals surface area contributed by atoms with Crippen LogP contribution in [0.15, 0.2) is 68.0 Å². The molecule has 3 rings (SSSR count). The lowest BCUT2D eigenvalue weighted by Crippen LogP contribution is -2.33. The van der Waals surface area contributed by atoms with E-state index in [1.165, 1.54) is 44.2 Å². The van der Waals surface area contributed by atoms with Crippen molar-refractivity contribution in [3.05, 3.63) is 70.1 Å². The zero-order valence-corrected chi connectivity index (χ0v) is 21.2. The lowest BCUT2D eigenvalue weighted by Gasteiger charge is -2.16. The molecule has 2 aromatic carbocycles. The third-order valence-electron chi connectivity index (χ3n) is 5.24. The second-order valence-corrected chi connectivity index (χ2v) is 10.3. The molecule has 3 aromatic rings. The number of rotatable bonds is 8. The average Bonchev–Trinajstić information content (AvgIpc) is 2.81. The van der Waals surface area contributed by atoms with Gasteiger partial charge in [0.15, 0.2) is 11.5 Å². The number of carbonyl (C=O) groups excluding carboxylic acids is 1. The fourth-order valence-electron chi connectivity index (χ4n) is 3.58. The number of sulfone groups is 1. The van der Waals surface area contributed by atoms with Crippen LogP contribution >= 0.6 is 11.8 Å². The van der Waals surface area contributed by atoms with E-state index < -0.39 is 21.3 Å². The quantitative estimate of drug-likeness (QED) is 0.469. The molecule has 34 heavy (non-hydrogen) atoms. The largest absolute Gasteiger partial charge is 0.493 e. The summed E-state index contributed by atoms with van der Waals surface area (Å²) in [5.74, 6) is 0.143. The normalized spacial score (nSPS) is 11.2. The van der Waals surface area contributed by atoms with Crippen molar-refractivity contribution in [2.75, 3.05) is 25.8 Å². The fraction of sp³-hybridized carbons (Fsp3) is 0.250. The van der Waals surface area contributed by atoms with Crippen molar-refractivity contribution in [2.45, 2.75) is 35.1 Å². The molecular weight excluding hydrogens is 476 g/mol. The van der Waals surface area contributed by atoms with Crippen LogP contribution in [-0.4, -0.2) is 39.4 Å². The summed E-state index contributed by atoms with van der Waals surface area (Å²) in [6, 6.07) is 13.0. The number of nitrogens with zero attached hydrogens (tertiary/aromatic N) is 1. The van der Waals surface area contributed by atoms with Crippen LogP contribution in [0, 0.1) is 13.8 Å². The summed E-state index contributed by atoms with van der Waals surface area (Å²) in [6.07, 6.45) is 1.93.